The van der Waals surface area contributed by atoms with Crippen molar-refractivity contribution in [2.75, 3.05) is 0 Å². The molecule has 0 aromatic heterocycles. The van der Waals surface area contributed by atoms with E-state index >= 15 is 0 Å². The predicted molar refractivity (Wildman–Crippen MR) is 105 cm³/mol. The van der Waals surface area contributed by atoms with Gasteiger partial charge in [-0.3, -0.25) is 14.9 Å². The summed E-state index contributed by atoms with van der Waals surface area (Å²) in [5, 5.41) is 14.1. The number of nitro benzene ring substituents is 1. The summed E-state index contributed by atoms with van der Waals surface area (Å²) in [6, 6.07) is 21.0. The highest BCUT2D eigenvalue weighted by Gasteiger charge is 2.21. The monoisotopic (exact) mass is 380 g/mol. The van der Waals surface area contributed by atoms with Crippen LogP contribution in [0.1, 0.15) is 33.1 Å². The van der Waals surface area contributed by atoms with Gasteiger partial charge in [-0.05, 0) is 35.7 Å². The van der Waals surface area contributed by atoms with E-state index in [1.54, 1.807) is 0 Å². The van der Waals surface area contributed by atoms with Gasteiger partial charge in [0.05, 0.1) is 11.0 Å². The topological polar surface area (TPSA) is 72.2 Å². The molecule has 1 amide bonds. The van der Waals surface area contributed by atoms with Gasteiger partial charge in [0.25, 0.3) is 11.6 Å². The Balaban J connectivity index is 1.98. The summed E-state index contributed by atoms with van der Waals surface area (Å²) in [7, 11) is 0. The number of nitrogens with zero attached hydrogens (tertiary/aromatic N) is 1. The lowest BCUT2D eigenvalue weighted by Gasteiger charge is -2.21. The van der Waals surface area contributed by atoms with Crippen molar-refractivity contribution in [3.63, 3.8) is 0 Å². The Morgan fingerprint density at radius 2 is 1.70 bits per heavy atom. The zero-order chi connectivity index (χ0) is 19.4. The van der Waals surface area contributed by atoms with Crippen LogP contribution in [0, 0.1) is 17.0 Å². The molecule has 0 fully saturated rings. The summed E-state index contributed by atoms with van der Waals surface area (Å²) in [5.41, 5.74) is 2.80. The lowest BCUT2D eigenvalue weighted by molar-refractivity contribution is -0.384. The van der Waals surface area contributed by atoms with Crippen molar-refractivity contribution >= 4 is 23.2 Å². The van der Waals surface area contributed by atoms with Crippen LogP contribution in [0.4, 0.5) is 5.69 Å². The summed E-state index contributed by atoms with van der Waals surface area (Å²) in [4.78, 5) is 23.3. The molecule has 3 aromatic carbocycles. The van der Waals surface area contributed by atoms with Crippen LogP contribution < -0.4 is 5.32 Å². The zero-order valence-electron chi connectivity index (χ0n) is 14.6. The highest BCUT2D eigenvalue weighted by molar-refractivity contribution is 6.32. The molecular weight excluding hydrogens is 364 g/mol. The van der Waals surface area contributed by atoms with E-state index in [0.717, 1.165) is 16.7 Å². The summed E-state index contributed by atoms with van der Waals surface area (Å²) >= 11 is 5.84. The largest absolute Gasteiger partial charge is 0.341 e. The van der Waals surface area contributed by atoms with Crippen molar-refractivity contribution in [2.45, 2.75) is 13.0 Å². The molecule has 0 saturated heterocycles. The Hall–Kier alpha value is -3.18. The third kappa shape index (κ3) is 4.15. The van der Waals surface area contributed by atoms with E-state index in [1.165, 1.54) is 18.2 Å². The lowest BCUT2D eigenvalue weighted by atomic mass is 9.94. The highest BCUT2D eigenvalue weighted by atomic mass is 35.5. The van der Waals surface area contributed by atoms with Gasteiger partial charge in [-0.1, -0.05) is 66.2 Å². The quantitative estimate of drug-likeness (QED) is 0.495. The van der Waals surface area contributed by atoms with Gasteiger partial charge in [-0.2, -0.15) is 0 Å². The highest BCUT2D eigenvalue weighted by Crippen LogP contribution is 2.27. The van der Waals surface area contributed by atoms with Gasteiger partial charge in [-0.25, -0.2) is 0 Å². The molecule has 5 nitrogen and oxygen atoms in total. The van der Waals surface area contributed by atoms with Gasteiger partial charge in [0.15, 0.2) is 0 Å². The Kier molecular flexibility index (Phi) is 5.52. The molecule has 0 heterocycles. The van der Waals surface area contributed by atoms with E-state index in [9.17, 15) is 14.9 Å². The summed E-state index contributed by atoms with van der Waals surface area (Å²) in [5.74, 6) is -0.410. The number of benzene rings is 3. The van der Waals surface area contributed by atoms with Crippen molar-refractivity contribution in [1.29, 1.82) is 0 Å². The lowest BCUT2D eigenvalue weighted by Crippen LogP contribution is -2.29. The van der Waals surface area contributed by atoms with Gasteiger partial charge in [0.2, 0.25) is 0 Å². The smallest absolute Gasteiger partial charge is 0.288 e. The normalized spacial score (nSPS) is 11.6. The molecule has 3 aromatic rings. The van der Waals surface area contributed by atoms with Gasteiger partial charge >= 0.3 is 0 Å². The molecule has 6 heteroatoms. The van der Waals surface area contributed by atoms with Crippen LogP contribution in [0.25, 0.3) is 0 Å². The van der Waals surface area contributed by atoms with Gasteiger partial charge in [-0.15, -0.1) is 0 Å². The van der Waals surface area contributed by atoms with Crippen molar-refractivity contribution in [3.05, 3.63) is 110 Å². The third-order valence-electron chi connectivity index (χ3n) is 4.31. The number of nitro groups is 1. The summed E-state index contributed by atoms with van der Waals surface area (Å²) < 4.78 is 0. The minimum Gasteiger partial charge on any atom is -0.341 e. The van der Waals surface area contributed by atoms with E-state index in [1.807, 2.05) is 61.5 Å². The van der Waals surface area contributed by atoms with Crippen LogP contribution in [0.2, 0.25) is 5.02 Å². The first-order valence-corrected chi connectivity index (χ1v) is 8.70. The van der Waals surface area contributed by atoms with E-state index in [0.29, 0.717) is 0 Å². The van der Waals surface area contributed by atoms with Gasteiger partial charge in [0.1, 0.15) is 5.02 Å². The number of hydrogen-bond donors (Lipinski definition) is 1. The van der Waals surface area contributed by atoms with Crippen LogP contribution in [0.5, 0.6) is 0 Å². The average Bonchev–Trinajstić information content (AvgIpc) is 2.67. The summed E-state index contributed by atoms with van der Waals surface area (Å²) in [6.45, 7) is 1.98. The molecule has 0 radical (unpaired) electrons. The van der Waals surface area contributed by atoms with Crippen LogP contribution in [0.3, 0.4) is 0 Å². The number of nitrogens with one attached hydrogen (secondary N) is 1. The maximum Gasteiger partial charge on any atom is 0.288 e. The molecule has 0 aliphatic heterocycles. The summed E-state index contributed by atoms with van der Waals surface area (Å²) in [6.07, 6.45) is 0. The van der Waals surface area contributed by atoms with Crippen LogP contribution in [-0.2, 0) is 0 Å². The molecule has 27 heavy (non-hydrogen) atoms. The van der Waals surface area contributed by atoms with Gasteiger partial charge < -0.3 is 5.32 Å². The standard InChI is InChI=1S/C21H17ClN2O3/c1-14-7-5-6-10-17(14)20(15-8-3-2-4-9-15)23-21(25)16-11-12-18(22)19(13-16)24(26)27/h2-13,20H,1H3,(H,23,25)/t20-/m1/s1. The fourth-order valence-electron chi connectivity index (χ4n) is 2.91. The average molecular weight is 381 g/mol. The Morgan fingerprint density at radius 1 is 1.04 bits per heavy atom. The van der Waals surface area contributed by atoms with Crippen molar-refractivity contribution in [1.82, 2.24) is 5.32 Å². The molecule has 0 bridgehead atoms. The minimum absolute atomic E-state index is 0.00457. The second-order valence-corrected chi connectivity index (χ2v) is 6.50. The number of carbonyl (C=O) groups is 1. The second kappa shape index (κ2) is 8.01. The molecule has 0 saturated carbocycles. The first-order valence-electron chi connectivity index (χ1n) is 8.32. The first-order chi connectivity index (χ1) is 13.0. The van der Waals surface area contributed by atoms with Crippen LogP contribution in [-0.4, -0.2) is 10.8 Å². The fourth-order valence-corrected chi connectivity index (χ4v) is 3.09. The van der Waals surface area contributed by atoms with Crippen molar-refractivity contribution in [3.8, 4) is 0 Å². The van der Waals surface area contributed by atoms with Crippen LogP contribution in [0.15, 0.2) is 72.8 Å². The minimum atomic E-state index is -0.602. The van der Waals surface area contributed by atoms with E-state index in [-0.39, 0.29) is 22.3 Å². The van der Waals surface area contributed by atoms with E-state index in [4.69, 9.17) is 11.6 Å². The SMILES string of the molecule is Cc1ccccc1[C@H](NC(=O)c1ccc(Cl)c([N+](=O)[O-])c1)c1ccccc1. The van der Waals surface area contributed by atoms with Crippen LogP contribution >= 0.6 is 11.6 Å². The van der Waals surface area contributed by atoms with Crippen molar-refractivity contribution in [2.24, 2.45) is 0 Å². The van der Waals surface area contributed by atoms with E-state index < -0.39 is 10.8 Å². The number of carbonyl (C=O) groups excluding carboxylic acids is 1. The molecule has 1 atom stereocenters. The van der Waals surface area contributed by atoms with E-state index in [2.05, 4.69) is 5.32 Å². The van der Waals surface area contributed by atoms with Crippen molar-refractivity contribution < 1.29 is 9.72 Å². The first kappa shape index (κ1) is 18.6. The zero-order valence-corrected chi connectivity index (χ0v) is 15.3. The molecule has 0 unspecified atom stereocenters. The third-order valence-corrected chi connectivity index (χ3v) is 4.63. The Morgan fingerprint density at radius 3 is 2.37 bits per heavy atom. The fraction of sp³-hybridized carbons (Fsp3) is 0.0952. The van der Waals surface area contributed by atoms with Gasteiger partial charge in [0, 0.05) is 11.6 Å². The number of hydrogen-bond acceptors (Lipinski definition) is 3. The number of amides is 1. The number of aryl methyl sites for hydroxylation is 1. The maximum absolute atomic E-state index is 12.8. The Bertz CT molecular complexity index is 990. The molecule has 1 N–H and O–H groups in total. The number of rotatable bonds is 5. The predicted octanol–water partition coefficient (Wildman–Crippen LogP) is 5.08. The second-order valence-electron chi connectivity index (χ2n) is 6.10. The number of halogens is 1. The molecular formula is C21H17ClN2O3. The molecule has 0 aliphatic rings. The maximum atomic E-state index is 12.8. The molecule has 3 rings (SSSR count). The Labute approximate surface area is 161 Å². The molecule has 0 aliphatic carbocycles. The molecule has 0 spiro atoms. The molecule has 136 valence electrons.